The molecular formula is C16H27NO. The summed E-state index contributed by atoms with van der Waals surface area (Å²) in [7, 11) is 0. The molecule has 1 rings (SSSR count). The Morgan fingerprint density at radius 3 is 2.28 bits per heavy atom. The molecule has 2 heteroatoms. The molecule has 2 nitrogen and oxygen atoms in total. The zero-order valence-electron chi connectivity index (χ0n) is 12.4. The number of ether oxygens (including phenoxy) is 1. The van der Waals surface area contributed by atoms with E-state index >= 15 is 0 Å². The molecule has 0 aliphatic heterocycles. The van der Waals surface area contributed by atoms with Crippen LogP contribution in [0.1, 0.15) is 37.5 Å². The molecule has 0 saturated heterocycles. The third kappa shape index (κ3) is 4.11. The Morgan fingerprint density at radius 1 is 1.17 bits per heavy atom. The highest BCUT2D eigenvalue weighted by Gasteiger charge is 2.18. The molecule has 2 atom stereocenters. The highest BCUT2D eigenvalue weighted by atomic mass is 16.5. The van der Waals surface area contributed by atoms with Gasteiger partial charge in [0.25, 0.3) is 0 Å². The SMILES string of the molecule is CCNC(Cc1c(C)cccc1C)C(C)OCC. The molecule has 0 aliphatic carbocycles. The first kappa shape index (κ1) is 15.2. The fraction of sp³-hybridized carbons (Fsp3) is 0.625. The number of benzene rings is 1. The molecule has 0 heterocycles. The summed E-state index contributed by atoms with van der Waals surface area (Å²) in [6.07, 6.45) is 1.28. The van der Waals surface area contributed by atoms with Gasteiger partial charge in [-0.25, -0.2) is 0 Å². The van der Waals surface area contributed by atoms with Gasteiger partial charge in [-0.1, -0.05) is 25.1 Å². The van der Waals surface area contributed by atoms with E-state index in [9.17, 15) is 0 Å². The Balaban J connectivity index is 2.82. The number of hydrogen-bond donors (Lipinski definition) is 1. The van der Waals surface area contributed by atoms with Crippen LogP contribution < -0.4 is 5.32 Å². The number of rotatable bonds is 7. The van der Waals surface area contributed by atoms with Gasteiger partial charge in [-0.15, -0.1) is 0 Å². The summed E-state index contributed by atoms with van der Waals surface area (Å²) in [6, 6.07) is 6.89. The van der Waals surface area contributed by atoms with E-state index < -0.39 is 0 Å². The predicted molar refractivity (Wildman–Crippen MR) is 78.2 cm³/mol. The zero-order valence-corrected chi connectivity index (χ0v) is 12.4. The molecular weight excluding hydrogens is 222 g/mol. The highest BCUT2D eigenvalue weighted by Crippen LogP contribution is 2.17. The Kier molecular flexibility index (Phi) is 6.37. The first-order valence-electron chi connectivity index (χ1n) is 7.00. The summed E-state index contributed by atoms with van der Waals surface area (Å²) in [5, 5.41) is 3.55. The molecule has 18 heavy (non-hydrogen) atoms. The van der Waals surface area contributed by atoms with E-state index in [2.05, 4.69) is 58.1 Å². The molecule has 0 aliphatic rings. The van der Waals surface area contributed by atoms with Crippen molar-refractivity contribution in [2.75, 3.05) is 13.2 Å². The van der Waals surface area contributed by atoms with Crippen LogP contribution >= 0.6 is 0 Å². The molecule has 102 valence electrons. The van der Waals surface area contributed by atoms with Gasteiger partial charge in [0.15, 0.2) is 0 Å². The summed E-state index contributed by atoms with van der Waals surface area (Å²) in [6.45, 7) is 12.5. The average molecular weight is 249 g/mol. The van der Waals surface area contributed by atoms with Crippen LogP contribution in [-0.2, 0) is 11.2 Å². The normalized spacial score (nSPS) is 14.5. The van der Waals surface area contributed by atoms with Gasteiger partial charge in [-0.2, -0.15) is 0 Å². The van der Waals surface area contributed by atoms with Gasteiger partial charge in [0.05, 0.1) is 6.10 Å². The maximum absolute atomic E-state index is 5.75. The number of hydrogen-bond acceptors (Lipinski definition) is 2. The summed E-state index contributed by atoms with van der Waals surface area (Å²) in [5.74, 6) is 0. The molecule has 0 aromatic heterocycles. The minimum atomic E-state index is 0.244. The molecule has 1 aromatic rings. The van der Waals surface area contributed by atoms with E-state index in [4.69, 9.17) is 4.74 Å². The van der Waals surface area contributed by atoms with E-state index in [0.29, 0.717) is 6.04 Å². The van der Waals surface area contributed by atoms with E-state index in [0.717, 1.165) is 19.6 Å². The maximum atomic E-state index is 5.75. The largest absolute Gasteiger partial charge is 0.377 e. The molecule has 0 saturated carbocycles. The number of nitrogens with one attached hydrogen (secondary N) is 1. The van der Waals surface area contributed by atoms with E-state index in [-0.39, 0.29) is 6.10 Å². The van der Waals surface area contributed by atoms with Crippen LogP contribution in [0.2, 0.25) is 0 Å². The van der Waals surface area contributed by atoms with Crippen molar-refractivity contribution in [2.24, 2.45) is 0 Å². The quantitative estimate of drug-likeness (QED) is 0.801. The van der Waals surface area contributed by atoms with Crippen molar-refractivity contribution >= 4 is 0 Å². The smallest absolute Gasteiger partial charge is 0.0703 e. The van der Waals surface area contributed by atoms with Gasteiger partial charge in [0.2, 0.25) is 0 Å². The molecule has 0 radical (unpaired) electrons. The molecule has 1 N–H and O–H groups in total. The average Bonchev–Trinajstić information content (AvgIpc) is 2.33. The van der Waals surface area contributed by atoms with Gasteiger partial charge in [0.1, 0.15) is 0 Å². The second-order valence-electron chi connectivity index (χ2n) is 4.90. The number of likely N-dealkylation sites (N-methyl/N-ethyl adjacent to an activating group) is 1. The van der Waals surface area contributed by atoms with E-state index in [1.165, 1.54) is 16.7 Å². The minimum absolute atomic E-state index is 0.244. The second-order valence-corrected chi connectivity index (χ2v) is 4.90. The Labute approximate surface area is 112 Å². The van der Waals surface area contributed by atoms with Crippen LogP contribution in [0.3, 0.4) is 0 Å². The standard InChI is InChI=1S/C16H27NO/c1-6-17-16(14(5)18-7-2)11-15-12(3)9-8-10-13(15)4/h8-10,14,16-17H,6-7,11H2,1-5H3. The molecule has 0 fully saturated rings. The van der Waals surface area contributed by atoms with Crippen molar-refractivity contribution in [1.29, 1.82) is 0 Å². The summed E-state index contributed by atoms with van der Waals surface area (Å²) >= 11 is 0. The lowest BCUT2D eigenvalue weighted by Gasteiger charge is -2.26. The maximum Gasteiger partial charge on any atom is 0.0703 e. The van der Waals surface area contributed by atoms with Crippen molar-refractivity contribution < 1.29 is 4.74 Å². The fourth-order valence-electron chi connectivity index (χ4n) is 2.44. The summed E-state index contributed by atoms with van der Waals surface area (Å²) in [5.41, 5.74) is 4.21. The molecule has 1 aromatic carbocycles. The van der Waals surface area contributed by atoms with E-state index in [1.54, 1.807) is 0 Å². The summed E-state index contributed by atoms with van der Waals surface area (Å²) in [4.78, 5) is 0. The monoisotopic (exact) mass is 249 g/mol. The van der Waals surface area contributed by atoms with E-state index in [1.807, 2.05) is 0 Å². The topological polar surface area (TPSA) is 21.3 Å². The van der Waals surface area contributed by atoms with Gasteiger partial charge in [-0.05, 0) is 57.4 Å². The lowest BCUT2D eigenvalue weighted by molar-refractivity contribution is 0.0480. The lowest BCUT2D eigenvalue weighted by Crippen LogP contribution is -2.41. The van der Waals surface area contributed by atoms with Gasteiger partial charge in [-0.3, -0.25) is 0 Å². The minimum Gasteiger partial charge on any atom is -0.377 e. The Hall–Kier alpha value is -0.860. The van der Waals surface area contributed by atoms with Crippen molar-refractivity contribution in [3.63, 3.8) is 0 Å². The van der Waals surface area contributed by atoms with Gasteiger partial charge < -0.3 is 10.1 Å². The van der Waals surface area contributed by atoms with Crippen LogP contribution in [-0.4, -0.2) is 25.3 Å². The second kappa shape index (κ2) is 7.55. The van der Waals surface area contributed by atoms with Gasteiger partial charge >= 0.3 is 0 Å². The van der Waals surface area contributed by atoms with Crippen LogP contribution in [0.15, 0.2) is 18.2 Å². The third-order valence-electron chi connectivity index (χ3n) is 3.53. The van der Waals surface area contributed by atoms with Crippen LogP contribution in [0, 0.1) is 13.8 Å². The van der Waals surface area contributed by atoms with Crippen molar-refractivity contribution in [1.82, 2.24) is 5.32 Å². The lowest BCUT2D eigenvalue weighted by atomic mass is 9.94. The first-order valence-corrected chi connectivity index (χ1v) is 7.00. The Morgan fingerprint density at radius 2 is 1.78 bits per heavy atom. The zero-order chi connectivity index (χ0) is 13.5. The van der Waals surface area contributed by atoms with Crippen molar-refractivity contribution in [3.05, 3.63) is 34.9 Å². The molecule has 0 amide bonds. The first-order chi connectivity index (χ1) is 8.60. The Bertz CT molecular complexity index is 342. The predicted octanol–water partition coefficient (Wildman–Crippen LogP) is 3.25. The summed E-state index contributed by atoms with van der Waals surface area (Å²) < 4.78 is 5.75. The van der Waals surface area contributed by atoms with Crippen LogP contribution in [0.4, 0.5) is 0 Å². The fourth-order valence-corrected chi connectivity index (χ4v) is 2.44. The van der Waals surface area contributed by atoms with Crippen molar-refractivity contribution in [2.45, 2.75) is 53.2 Å². The molecule has 2 unspecified atom stereocenters. The van der Waals surface area contributed by atoms with Crippen molar-refractivity contribution in [3.8, 4) is 0 Å². The third-order valence-corrected chi connectivity index (χ3v) is 3.53. The number of aryl methyl sites for hydroxylation is 2. The van der Waals surface area contributed by atoms with Crippen LogP contribution in [0.5, 0.6) is 0 Å². The van der Waals surface area contributed by atoms with Crippen LogP contribution in [0.25, 0.3) is 0 Å². The van der Waals surface area contributed by atoms with Gasteiger partial charge in [0, 0.05) is 12.6 Å². The molecule has 0 spiro atoms. The highest BCUT2D eigenvalue weighted by molar-refractivity contribution is 5.34. The molecule has 0 bridgehead atoms.